The molecule has 5 N–H and O–H groups in total. The normalized spacial score (nSPS) is 15.7. The molecule has 0 fully saturated rings. The highest BCUT2D eigenvalue weighted by Gasteiger charge is 2.30. The zero-order chi connectivity index (χ0) is 17.4. The second-order valence-electron chi connectivity index (χ2n) is 4.63. The van der Waals surface area contributed by atoms with E-state index < -0.39 is 30.4 Å². The number of aromatic amines is 1. The van der Waals surface area contributed by atoms with E-state index in [0.29, 0.717) is 0 Å². The van der Waals surface area contributed by atoms with E-state index in [4.69, 9.17) is 20.4 Å². The molecule has 0 saturated heterocycles. The van der Waals surface area contributed by atoms with Crippen LogP contribution < -0.4 is 10.1 Å². The first kappa shape index (κ1) is 18.7. The van der Waals surface area contributed by atoms with Gasteiger partial charge >= 0.3 is 0 Å². The first-order valence-electron chi connectivity index (χ1n) is 6.62. The molecule has 0 saturated carbocycles. The Morgan fingerprint density at radius 1 is 1.04 bits per heavy atom. The Labute approximate surface area is 131 Å². The number of fused-ring (bicyclic) bond motifs is 1. The number of para-hydroxylation sites is 1. The number of carboxylic acids is 1. The molecule has 1 aromatic carbocycles. The molecular formula is C15H17NO7. The van der Waals surface area contributed by atoms with Crippen LogP contribution in [0.3, 0.4) is 0 Å². The number of H-pyrrole nitrogens is 1. The molecule has 0 radical (unpaired) electrons. The minimum Gasteiger partial charge on any atom is -0.547 e. The number of carboxylic acid groups (broad SMARTS) is 1. The predicted octanol–water partition coefficient (Wildman–Crippen LogP) is -2.97. The quantitative estimate of drug-likeness (QED) is 0.429. The highest BCUT2D eigenvalue weighted by Crippen LogP contribution is 2.05. The van der Waals surface area contributed by atoms with Crippen LogP contribution in [0.15, 0.2) is 42.6 Å². The van der Waals surface area contributed by atoms with Crippen molar-refractivity contribution in [1.82, 2.24) is 0 Å². The van der Waals surface area contributed by atoms with Gasteiger partial charge in [-0.3, -0.25) is 0 Å². The minimum absolute atomic E-state index is 0.101. The number of aliphatic hydroxyl groups is 4. The van der Waals surface area contributed by atoms with E-state index in [1.54, 1.807) is 0 Å². The SMILES string of the molecule is O=C[C@H](O)[C@@H](O)[C@H](O)[C@H](O)C(=O)[O-].c1ccc2[nH+]cccc2c1. The van der Waals surface area contributed by atoms with Crippen LogP contribution in [0, 0.1) is 0 Å². The van der Waals surface area contributed by atoms with Crippen LogP contribution in [-0.4, -0.2) is 57.1 Å². The summed E-state index contributed by atoms with van der Waals surface area (Å²) in [4.78, 5) is 23.0. The minimum atomic E-state index is -2.36. The predicted molar refractivity (Wildman–Crippen MR) is 75.6 cm³/mol. The number of rotatable bonds is 5. The molecule has 0 amide bonds. The third-order valence-corrected chi connectivity index (χ3v) is 2.98. The number of hydrogen-bond acceptors (Lipinski definition) is 7. The number of aliphatic carboxylic acids is 1. The van der Waals surface area contributed by atoms with Gasteiger partial charge in [-0.25, -0.2) is 4.98 Å². The Balaban J connectivity index is 0.000000235. The van der Waals surface area contributed by atoms with E-state index in [-0.39, 0.29) is 6.29 Å². The van der Waals surface area contributed by atoms with Crippen molar-refractivity contribution in [1.29, 1.82) is 0 Å². The van der Waals surface area contributed by atoms with Crippen LogP contribution in [0.2, 0.25) is 0 Å². The maximum atomic E-state index is 9.95. The summed E-state index contributed by atoms with van der Waals surface area (Å²) in [5.74, 6) is -2.01. The molecule has 2 aromatic rings. The average Bonchev–Trinajstić information content (AvgIpc) is 2.59. The van der Waals surface area contributed by atoms with Crippen molar-refractivity contribution in [2.75, 3.05) is 0 Å². The Hall–Kier alpha value is -2.39. The molecule has 1 heterocycles. The Morgan fingerprint density at radius 2 is 1.65 bits per heavy atom. The van der Waals surface area contributed by atoms with Gasteiger partial charge in [-0.05, 0) is 12.1 Å². The summed E-state index contributed by atoms with van der Waals surface area (Å²) in [5.41, 5.74) is 1.19. The lowest BCUT2D eigenvalue weighted by Gasteiger charge is -2.24. The summed E-state index contributed by atoms with van der Waals surface area (Å²) in [6.45, 7) is 0. The van der Waals surface area contributed by atoms with Crippen molar-refractivity contribution in [2.45, 2.75) is 24.4 Å². The molecule has 0 bridgehead atoms. The van der Waals surface area contributed by atoms with Gasteiger partial charge in [-0.15, -0.1) is 0 Å². The van der Waals surface area contributed by atoms with E-state index in [1.807, 2.05) is 24.4 Å². The zero-order valence-corrected chi connectivity index (χ0v) is 11.9. The number of benzene rings is 1. The molecule has 0 aliphatic heterocycles. The first-order valence-corrected chi connectivity index (χ1v) is 6.62. The standard InChI is InChI=1S/C9H7N.C6H10O7/c1-2-6-9-8(4-1)5-3-7-10-9;7-1-2(8)3(9)4(10)5(11)6(12)13/h1-7H;1-5,8-11H,(H,12,13)/t;2-,3+,4-,5-/m.0/s1. The van der Waals surface area contributed by atoms with E-state index in [9.17, 15) is 14.7 Å². The third-order valence-electron chi connectivity index (χ3n) is 2.98. The number of pyridine rings is 1. The maximum absolute atomic E-state index is 9.95. The Kier molecular flexibility index (Phi) is 7.23. The van der Waals surface area contributed by atoms with Gasteiger partial charge < -0.3 is 35.1 Å². The fourth-order valence-electron chi connectivity index (χ4n) is 1.67. The molecule has 0 aliphatic rings. The molecule has 8 heteroatoms. The largest absolute Gasteiger partial charge is 0.547 e. The smallest absolute Gasteiger partial charge is 0.210 e. The van der Waals surface area contributed by atoms with Gasteiger partial charge in [0.25, 0.3) is 0 Å². The number of aliphatic hydroxyl groups excluding tert-OH is 4. The van der Waals surface area contributed by atoms with E-state index in [0.717, 1.165) is 0 Å². The number of carbonyl (C=O) groups excluding carboxylic acids is 2. The van der Waals surface area contributed by atoms with E-state index in [1.165, 1.54) is 10.9 Å². The number of carbonyl (C=O) groups is 2. The van der Waals surface area contributed by atoms with Crippen LogP contribution in [0.25, 0.3) is 10.9 Å². The van der Waals surface area contributed by atoms with Gasteiger partial charge in [0, 0.05) is 17.5 Å². The van der Waals surface area contributed by atoms with Crippen molar-refractivity contribution in [2.24, 2.45) is 0 Å². The topological polar surface area (TPSA) is 152 Å². The summed E-state index contributed by atoms with van der Waals surface area (Å²) in [6.07, 6.45) is -6.72. The highest BCUT2D eigenvalue weighted by atomic mass is 16.4. The Bertz CT molecular complexity index is 583. The summed E-state index contributed by atoms with van der Waals surface area (Å²) >= 11 is 0. The molecule has 0 spiro atoms. The van der Waals surface area contributed by atoms with Crippen molar-refractivity contribution >= 4 is 23.2 Å². The second-order valence-corrected chi connectivity index (χ2v) is 4.63. The van der Waals surface area contributed by atoms with Crippen molar-refractivity contribution in [3.8, 4) is 0 Å². The fraction of sp³-hybridized carbons (Fsp3) is 0.267. The zero-order valence-electron chi connectivity index (χ0n) is 11.9. The van der Waals surface area contributed by atoms with Crippen molar-refractivity contribution in [3.05, 3.63) is 42.6 Å². The lowest BCUT2D eigenvalue weighted by molar-refractivity contribution is -0.344. The first-order chi connectivity index (χ1) is 10.9. The molecule has 0 unspecified atom stereocenters. The maximum Gasteiger partial charge on any atom is 0.210 e. The molecule has 2 rings (SSSR count). The van der Waals surface area contributed by atoms with Gasteiger partial charge in [0.15, 0.2) is 12.5 Å². The van der Waals surface area contributed by atoms with Crippen LogP contribution >= 0.6 is 0 Å². The molecule has 1 aromatic heterocycles. The van der Waals surface area contributed by atoms with Crippen LogP contribution in [0.1, 0.15) is 0 Å². The molecule has 23 heavy (non-hydrogen) atoms. The van der Waals surface area contributed by atoms with Crippen molar-refractivity contribution in [3.63, 3.8) is 0 Å². The number of aldehydes is 1. The molecule has 4 atom stereocenters. The fourth-order valence-corrected chi connectivity index (χ4v) is 1.67. The van der Waals surface area contributed by atoms with E-state index in [2.05, 4.69) is 23.2 Å². The summed E-state index contributed by atoms with van der Waals surface area (Å²) in [7, 11) is 0. The van der Waals surface area contributed by atoms with E-state index >= 15 is 0 Å². The summed E-state index contributed by atoms with van der Waals surface area (Å²) in [6, 6.07) is 12.3. The van der Waals surface area contributed by atoms with Gasteiger partial charge in [0.2, 0.25) is 5.52 Å². The van der Waals surface area contributed by atoms with Gasteiger partial charge in [-0.2, -0.15) is 0 Å². The highest BCUT2D eigenvalue weighted by molar-refractivity contribution is 5.74. The molecule has 0 aliphatic carbocycles. The molecular weight excluding hydrogens is 306 g/mol. The monoisotopic (exact) mass is 323 g/mol. The number of aromatic nitrogens is 1. The van der Waals surface area contributed by atoms with Crippen molar-refractivity contribution < 1.29 is 40.1 Å². The summed E-state index contributed by atoms with van der Waals surface area (Å²) in [5, 5.41) is 46.1. The number of nitrogens with one attached hydrogen (secondary N) is 1. The molecule has 124 valence electrons. The molecule has 8 nitrogen and oxygen atoms in total. The average molecular weight is 323 g/mol. The summed E-state index contributed by atoms with van der Waals surface area (Å²) < 4.78 is 0. The van der Waals surface area contributed by atoms with Gasteiger partial charge in [0.05, 0.1) is 5.97 Å². The van der Waals surface area contributed by atoms with Crippen LogP contribution in [0.4, 0.5) is 0 Å². The Morgan fingerprint density at radius 3 is 2.22 bits per heavy atom. The lowest BCUT2D eigenvalue weighted by Crippen LogP contribution is -2.52. The second kappa shape index (κ2) is 8.91. The lowest BCUT2D eigenvalue weighted by atomic mass is 10.0. The number of hydrogen-bond donors (Lipinski definition) is 4. The van der Waals surface area contributed by atoms with Gasteiger partial charge in [-0.1, -0.05) is 12.1 Å². The van der Waals surface area contributed by atoms with Gasteiger partial charge in [0.1, 0.15) is 24.4 Å². The van der Waals surface area contributed by atoms with Crippen LogP contribution in [0.5, 0.6) is 0 Å². The third kappa shape index (κ3) is 5.38. The van der Waals surface area contributed by atoms with Crippen LogP contribution in [-0.2, 0) is 9.59 Å².